The molecule has 1 amide bonds. The van der Waals surface area contributed by atoms with Crippen LogP contribution in [0.2, 0.25) is 0 Å². The monoisotopic (exact) mass is 369 g/mol. The number of hydrogen-bond acceptors (Lipinski definition) is 3. The van der Waals surface area contributed by atoms with Gasteiger partial charge in [0.2, 0.25) is 0 Å². The molecule has 0 aliphatic carbocycles. The van der Waals surface area contributed by atoms with Gasteiger partial charge in [-0.15, -0.1) is 0 Å². The lowest BCUT2D eigenvalue weighted by Gasteiger charge is -2.15. The summed E-state index contributed by atoms with van der Waals surface area (Å²) in [7, 11) is 1.61. The highest BCUT2D eigenvalue weighted by atomic mass is 32.2. The summed E-state index contributed by atoms with van der Waals surface area (Å²) in [5.74, 6) is -1.12. The number of benzene rings is 2. The van der Waals surface area contributed by atoms with E-state index in [9.17, 15) is 18.0 Å². The number of rotatable bonds is 6. The fourth-order valence-corrected chi connectivity index (χ4v) is 3.00. The molecular weight excluding hydrogens is 351 g/mol. The van der Waals surface area contributed by atoms with Crippen molar-refractivity contribution in [3.8, 4) is 5.75 Å². The van der Waals surface area contributed by atoms with E-state index >= 15 is 0 Å². The normalized spacial score (nSPS) is 12.5. The molecule has 0 aliphatic heterocycles. The minimum Gasteiger partial charge on any atom is -0.497 e. The fourth-order valence-electron chi connectivity index (χ4n) is 2.18. The van der Waals surface area contributed by atoms with Gasteiger partial charge < -0.3 is 10.1 Å². The van der Waals surface area contributed by atoms with Gasteiger partial charge in [-0.1, -0.05) is 23.9 Å². The van der Waals surface area contributed by atoms with E-state index in [4.69, 9.17) is 4.74 Å². The van der Waals surface area contributed by atoms with Crippen LogP contribution in [0.15, 0.2) is 58.3 Å². The van der Waals surface area contributed by atoms with Crippen molar-refractivity contribution in [3.05, 3.63) is 54.1 Å². The highest BCUT2D eigenvalue weighted by Gasteiger charge is 2.39. The van der Waals surface area contributed by atoms with Crippen LogP contribution >= 0.6 is 11.8 Å². The minimum absolute atomic E-state index is 0.329. The van der Waals surface area contributed by atoms with Gasteiger partial charge in [-0.25, -0.2) is 0 Å². The van der Waals surface area contributed by atoms with Crippen LogP contribution in [0.25, 0.3) is 0 Å². The van der Waals surface area contributed by atoms with Gasteiger partial charge in [0.05, 0.1) is 7.11 Å². The first-order chi connectivity index (χ1) is 11.8. The quantitative estimate of drug-likeness (QED) is 0.817. The molecule has 0 fully saturated rings. The Kier molecular flexibility index (Phi) is 6.36. The van der Waals surface area contributed by atoms with Crippen molar-refractivity contribution in [2.75, 3.05) is 7.11 Å². The summed E-state index contributed by atoms with van der Waals surface area (Å²) in [5.41, 5.74) is 0.856. The van der Waals surface area contributed by atoms with Crippen molar-refractivity contribution >= 4 is 17.7 Å². The Hall–Kier alpha value is -2.15. The summed E-state index contributed by atoms with van der Waals surface area (Å²) in [6.07, 6.45) is -4.53. The highest BCUT2D eigenvalue weighted by molar-refractivity contribution is 7.99. The number of carbonyl (C=O) groups excluding carboxylic acids is 1. The number of amides is 1. The molecule has 0 aliphatic rings. The maximum atomic E-state index is 12.2. The van der Waals surface area contributed by atoms with E-state index in [2.05, 4.69) is 0 Å². The van der Waals surface area contributed by atoms with E-state index in [0.29, 0.717) is 6.42 Å². The van der Waals surface area contributed by atoms with Crippen molar-refractivity contribution in [2.24, 2.45) is 0 Å². The molecule has 2 aromatic carbocycles. The third kappa shape index (κ3) is 6.01. The molecule has 134 valence electrons. The third-order valence-corrected chi connectivity index (χ3v) is 4.41. The fraction of sp³-hybridized carbons (Fsp3) is 0.278. The van der Waals surface area contributed by atoms with Crippen molar-refractivity contribution in [2.45, 2.75) is 35.4 Å². The lowest BCUT2D eigenvalue weighted by atomic mass is 10.1. The second kappa shape index (κ2) is 8.29. The Morgan fingerprint density at radius 2 is 1.60 bits per heavy atom. The topological polar surface area (TPSA) is 38.3 Å². The average Bonchev–Trinajstić information content (AvgIpc) is 2.56. The van der Waals surface area contributed by atoms with Gasteiger partial charge in [-0.05, 0) is 55.3 Å². The molecule has 1 N–H and O–H groups in total. The minimum atomic E-state index is -4.85. The SMILES string of the molecule is COc1ccc(Sc2ccc(CC(C)NC(=O)C(F)(F)F)cc2)cc1. The van der Waals surface area contributed by atoms with Crippen LogP contribution in [0, 0.1) is 0 Å². The zero-order valence-corrected chi connectivity index (χ0v) is 14.6. The number of carbonyl (C=O) groups is 1. The number of methoxy groups -OCH3 is 1. The van der Waals surface area contributed by atoms with E-state index < -0.39 is 18.1 Å². The van der Waals surface area contributed by atoms with E-state index in [1.165, 1.54) is 0 Å². The Balaban J connectivity index is 1.91. The van der Waals surface area contributed by atoms with Crippen LogP contribution in [0.1, 0.15) is 12.5 Å². The molecule has 3 nitrogen and oxygen atoms in total. The third-order valence-electron chi connectivity index (χ3n) is 3.40. The standard InChI is InChI=1S/C18H18F3NO2S/c1-12(22-17(23)18(19,20)21)11-13-3-7-15(8-4-13)25-16-9-5-14(24-2)6-10-16/h3-10,12H,11H2,1-2H3,(H,22,23). The first kappa shape index (κ1) is 19.2. The summed E-state index contributed by atoms with van der Waals surface area (Å²) in [6.45, 7) is 1.55. The summed E-state index contributed by atoms with van der Waals surface area (Å²) in [5, 5.41) is 1.95. The first-order valence-corrected chi connectivity index (χ1v) is 8.38. The van der Waals surface area contributed by atoms with Crippen LogP contribution in [-0.4, -0.2) is 25.2 Å². The molecule has 0 bridgehead atoms. The van der Waals surface area contributed by atoms with Gasteiger partial charge in [-0.2, -0.15) is 13.2 Å². The molecule has 0 aromatic heterocycles. The Bertz CT molecular complexity index is 700. The molecule has 0 radical (unpaired) electrons. The van der Waals surface area contributed by atoms with Crippen molar-refractivity contribution < 1.29 is 22.7 Å². The van der Waals surface area contributed by atoms with E-state index in [0.717, 1.165) is 21.1 Å². The predicted molar refractivity (Wildman–Crippen MR) is 90.9 cm³/mol. The molecule has 0 heterocycles. The van der Waals surface area contributed by atoms with Gasteiger partial charge in [0.25, 0.3) is 0 Å². The summed E-state index contributed by atoms with van der Waals surface area (Å²) in [4.78, 5) is 13.0. The molecule has 2 aromatic rings. The second-order valence-electron chi connectivity index (χ2n) is 5.50. The van der Waals surface area contributed by atoms with Crippen LogP contribution in [0.5, 0.6) is 5.75 Å². The van der Waals surface area contributed by atoms with E-state index in [-0.39, 0.29) is 0 Å². The summed E-state index contributed by atoms with van der Waals surface area (Å²) in [6, 6.07) is 14.6. The predicted octanol–water partition coefficient (Wildman–Crippen LogP) is 4.46. The molecule has 0 spiro atoms. The van der Waals surface area contributed by atoms with Crippen LogP contribution in [0.4, 0.5) is 13.2 Å². The number of ether oxygens (including phenoxy) is 1. The molecule has 25 heavy (non-hydrogen) atoms. The van der Waals surface area contributed by atoms with E-state index in [1.807, 2.05) is 53.8 Å². The zero-order valence-electron chi connectivity index (χ0n) is 13.8. The van der Waals surface area contributed by atoms with Crippen LogP contribution in [0.3, 0.4) is 0 Å². The largest absolute Gasteiger partial charge is 0.497 e. The Morgan fingerprint density at radius 3 is 2.08 bits per heavy atom. The van der Waals surface area contributed by atoms with Crippen molar-refractivity contribution in [1.29, 1.82) is 0 Å². The molecule has 1 atom stereocenters. The van der Waals surface area contributed by atoms with Gasteiger partial charge in [0, 0.05) is 15.8 Å². The lowest BCUT2D eigenvalue weighted by molar-refractivity contribution is -0.174. The molecule has 0 saturated heterocycles. The average molecular weight is 369 g/mol. The Morgan fingerprint density at radius 1 is 1.08 bits per heavy atom. The smallest absolute Gasteiger partial charge is 0.471 e. The number of alkyl halides is 3. The van der Waals surface area contributed by atoms with Gasteiger partial charge >= 0.3 is 12.1 Å². The van der Waals surface area contributed by atoms with Crippen molar-refractivity contribution in [1.82, 2.24) is 5.32 Å². The zero-order chi connectivity index (χ0) is 18.4. The summed E-state index contributed by atoms with van der Waals surface area (Å²) < 4.78 is 41.8. The molecule has 7 heteroatoms. The van der Waals surface area contributed by atoms with Crippen LogP contribution in [-0.2, 0) is 11.2 Å². The molecule has 2 rings (SSSR count). The highest BCUT2D eigenvalue weighted by Crippen LogP contribution is 2.29. The number of hydrogen-bond donors (Lipinski definition) is 1. The van der Waals surface area contributed by atoms with Crippen molar-refractivity contribution in [3.63, 3.8) is 0 Å². The lowest BCUT2D eigenvalue weighted by Crippen LogP contribution is -2.42. The maximum absolute atomic E-state index is 12.2. The first-order valence-electron chi connectivity index (χ1n) is 7.56. The van der Waals surface area contributed by atoms with Crippen LogP contribution < -0.4 is 10.1 Å². The molecule has 1 unspecified atom stereocenters. The van der Waals surface area contributed by atoms with Gasteiger partial charge in [0.15, 0.2) is 0 Å². The van der Waals surface area contributed by atoms with Gasteiger partial charge in [-0.3, -0.25) is 4.79 Å². The number of nitrogens with one attached hydrogen (secondary N) is 1. The number of halogens is 3. The molecular formula is C18H18F3NO2S. The maximum Gasteiger partial charge on any atom is 0.471 e. The van der Waals surface area contributed by atoms with Gasteiger partial charge in [0.1, 0.15) is 5.75 Å². The molecule has 0 saturated carbocycles. The Labute approximate surface area is 148 Å². The van der Waals surface area contributed by atoms with E-state index in [1.54, 1.807) is 25.8 Å². The summed E-state index contributed by atoms with van der Waals surface area (Å²) >= 11 is 1.57. The second-order valence-corrected chi connectivity index (χ2v) is 6.64.